The van der Waals surface area contributed by atoms with Gasteiger partial charge in [-0.15, -0.1) is 0 Å². The maximum absolute atomic E-state index is 10.9. The van der Waals surface area contributed by atoms with Gasteiger partial charge in [0.1, 0.15) is 0 Å². The molecule has 0 saturated carbocycles. The van der Waals surface area contributed by atoms with Gasteiger partial charge in [-0.1, -0.05) is 24.3 Å². The van der Waals surface area contributed by atoms with Gasteiger partial charge in [-0.05, 0) is 24.5 Å². The van der Waals surface area contributed by atoms with Crippen LogP contribution in [0.1, 0.15) is 11.1 Å². The fourth-order valence-electron chi connectivity index (χ4n) is 1.62. The molecule has 0 spiro atoms. The van der Waals surface area contributed by atoms with Crippen LogP contribution in [0.4, 0.5) is 0 Å². The van der Waals surface area contributed by atoms with Crippen molar-refractivity contribution in [1.29, 1.82) is 0 Å². The predicted molar refractivity (Wildman–Crippen MR) is 63.5 cm³/mol. The Bertz CT molecular complexity index is 476. The molecule has 1 aliphatic rings. The first-order valence-electron chi connectivity index (χ1n) is 5.38. The smallest absolute Gasteiger partial charge is 0.288 e. The van der Waals surface area contributed by atoms with Gasteiger partial charge in [-0.2, -0.15) is 0 Å². The number of aryl methyl sites for hydroxylation is 1. The lowest BCUT2D eigenvalue weighted by atomic mass is 10.1. The number of hydrogen-bond donors (Lipinski definition) is 2. The predicted octanol–water partition coefficient (Wildman–Crippen LogP) is 0.140. The van der Waals surface area contributed by atoms with Crippen LogP contribution >= 0.6 is 0 Å². The molecule has 1 heterocycles. The number of carbonyl (C=O) groups is 2. The molecule has 17 heavy (non-hydrogen) atoms. The minimum absolute atomic E-state index is 0.244. The molecule has 5 heteroatoms. The lowest BCUT2D eigenvalue weighted by Gasteiger charge is -2.03. The average molecular weight is 231 g/mol. The van der Waals surface area contributed by atoms with E-state index in [9.17, 15) is 9.59 Å². The van der Waals surface area contributed by atoms with Crippen LogP contribution in [0.2, 0.25) is 0 Å². The van der Waals surface area contributed by atoms with Gasteiger partial charge in [0, 0.05) is 6.54 Å². The quantitative estimate of drug-likeness (QED) is 0.726. The zero-order chi connectivity index (χ0) is 12.3. The summed E-state index contributed by atoms with van der Waals surface area (Å²) in [5.74, 6) is -1.06. The second-order valence-corrected chi connectivity index (χ2v) is 3.82. The molecule has 0 bridgehead atoms. The van der Waals surface area contributed by atoms with Crippen LogP contribution in [0.15, 0.2) is 29.3 Å². The number of benzene rings is 1. The standard InChI is InChI=1S/C12H13N3O2/c1-8-4-2-3-5-9(8)6-7-13-12-14-10(16)11(17)15-12/h2-5H,6-7H2,1H3,(H2,13,14,15,16,17). The van der Waals surface area contributed by atoms with E-state index >= 15 is 0 Å². The maximum Gasteiger partial charge on any atom is 0.316 e. The van der Waals surface area contributed by atoms with E-state index in [1.807, 2.05) is 31.2 Å². The van der Waals surface area contributed by atoms with Crippen molar-refractivity contribution in [3.05, 3.63) is 35.4 Å². The number of hydrogen-bond acceptors (Lipinski definition) is 3. The number of nitrogens with one attached hydrogen (secondary N) is 2. The summed E-state index contributed by atoms with van der Waals surface area (Å²) in [6, 6.07) is 8.06. The van der Waals surface area contributed by atoms with Crippen molar-refractivity contribution in [1.82, 2.24) is 10.6 Å². The molecule has 0 unspecified atom stereocenters. The molecule has 1 aromatic carbocycles. The van der Waals surface area contributed by atoms with E-state index in [1.165, 1.54) is 11.1 Å². The first-order chi connectivity index (χ1) is 8.16. The van der Waals surface area contributed by atoms with Gasteiger partial charge in [-0.25, -0.2) is 0 Å². The first kappa shape index (κ1) is 11.3. The summed E-state index contributed by atoms with van der Waals surface area (Å²) in [5, 5.41) is 4.71. The molecular weight excluding hydrogens is 218 g/mol. The molecular formula is C12H13N3O2. The molecule has 1 fully saturated rings. The van der Waals surface area contributed by atoms with Crippen LogP contribution in [-0.2, 0) is 16.0 Å². The van der Waals surface area contributed by atoms with Gasteiger partial charge in [-0.3, -0.25) is 25.2 Å². The van der Waals surface area contributed by atoms with Crippen LogP contribution in [0.3, 0.4) is 0 Å². The molecule has 2 N–H and O–H groups in total. The topological polar surface area (TPSA) is 70.6 Å². The summed E-state index contributed by atoms with van der Waals surface area (Å²) in [6.07, 6.45) is 0.780. The average Bonchev–Trinajstić information content (AvgIpc) is 2.61. The van der Waals surface area contributed by atoms with Crippen LogP contribution in [-0.4, -0.2) is 24.3 Å². The fraction of sp³-hybridized carbons (Fsp3) is 0.250. The molecule has 5 nitrogen and oxygen atoms in total. The molecule has 1 aliphatic heterocycles. The molecule has 2 amide bonds. The van der Waals surface area contributed by atoms with Crippen molar-refractivity contribution in [2.45, 2.75) is 13.3 Å². The molecule has 1 aromatic rings. The first-order valence-corrected chi connectivity index (χ1v) is 5.38. The number of carbonyl (C=O) groups excluding carboxylic acids is 2. The summed E-state index contributed by atoms with van der Waals surface area (Å²) in [5.41, 5.74) is 2.43. The third-order valence-electron chi connectivity index (χ3n) is 2.58. The monoisotopic (exact) mass is 231 g/mol. The highest BCUT2D eigenvalue weighted by Gasteiger charge is 2.24. The van der Waals surface area contributed by atoms with E-state index in [2.05, 4.69) is 15.6 Å². The Morgan fingerprint density at radius 1 is 1.12 bits per heavy atom. The van der Waals surface area contributed by atoms with Crippen LogP contribution in [0, 0.1) is 6.92 Å². The van der Waals surface area contributed by atoms with Crippen molar-refractivity contribution >= 4 is 17.8 Å². The molecule has 88 valence electrons. The fourth-order valence-corrected chi connectivity index (χ4v) is 1.62. The minimum Gasteiger partial charge on any atom is -0.288 e. The zero-order valence-electron chi connectivity index (χ0n) is 9.49. The minimum atomic E-state index is -0.653. The van der Waals surface area contributed by atoms with Gasteiger partial charge >= 0.3 is 11.8 Å². The molecule has 0 atom stereocenters. The normalized spacial score (nSPS) is 14.5. The van der Waals surface area contributed by atoms with Crippen LogP contribution in [0.25, 0.3) is 0 Å². The Labute approximate surface area is 98.9 Å². The summed E-state index contributed by atoms with van der Waals surface area (Å²) in [4.78, 5) is 25.8. The summed E-state index contributed by atoms with van der Waals surface area (Å²) in [7, 11) is 0. The number of aliphatic imine (C=N–C) groups is 1. The lowest BCUT2D eigenvalue weighted by molar-refractivity contribution is -0.135. The molecule has 0 radical (unpaired) electrons. The van der Waals surface area contributed by atoms with E-state index in [0.717, 1.165) is 6.42 Å². The third kappa shape index (κ3) is 2.69. The van der Waals surface area contributed by atoms with Crippen molar-refractivity contribution in [3.63, 3.8) is 0 Å². The van der Waals surface area contributed by atoms with E-state index in [4.69, 9.17) is 0 Å². The summed E-state index contributed by atoms with van der Waals surface area (Å²) < 4.78 is 0. The van der Waals surface area contributed by atoms with Crippen LogP contribution < -0.4 is 10.6 Å². The van der Waals surface area contributed by atoms with Crippen molar-refractivity contribution in [2.24, 2.45) is 4.99 Å². The van der Waals surface area contributed by atoms with Crippen molar-refractivity contribution < 1.29 is 9.59 Å². The molecule has 0 aliphatic carbocycles. The van der Waals surface area contributed by atoms with Gasteiger partial charge < -0.3 is 0 Å². The Morgan fingerprint density at radius 2 is 1.76 bits per heavy atom. The highest BCUT2D eigenvalue weighted by atomic mass is 16.2. The van der Waals surface area contributed by atoms with Gasteiger partial charge in [0.05, 0.1) is 0 Å². The van der Waals surface area contributed by atoms with Gasteiger partial charge in [0.15, 0.2) is 0 Å². The van der Waals surface area contributed by atoms with E-state index in [1.54, 1.807) is 0 Å². The summed E-state index contributed by atoms with van der Waals surface area (Å²) >= 11 is 0. The number of guanidine groups is 1. The van der Waals surface area contributed by atoms with E-state index in [0.29, 0.717) is 6.54 Å². The number of nitrogens with zero attached hydrogens (tertiary/aromatic N) is 1. The highest BCUT2D eigenvalue weighted by Crippen LogP contribution is 2.07. The van der Waals surface area contributed by atoms with E-state index in [-0.39, 0.29) is 5.96 Å². The van der Waals surface area contributed by atoms with Crippen molar-refractivity contribution in [2.75, 3.05) is 6.54 Å². The lowest BCUT2D eigenvalue weighted by Crippen LogP contribution is -2.26. The Balaban J connectivity index is 1.92. The van der Waals surface area contributed by atoms with E-state index < -0.39 is 11.8 Å². The molecule has 0 aromatic heterocycles. The Morgan fingerprint density at radius 3 is 2.41 bits per heavy atom. The second kappa shape index (κ2) is 4.78. The zero-order valence-corrected chi connectivity index (χ0v) is 9.49. The molecule has 1 saturated heterocycles. The maximum atomic E-state index is 10.9. The van der Waals surface area contributed by atoms with Crippen molar-refractivity contribution in [3.8, 4) is 0 Å². The van der Waals surface area contributed by atoms with Crippen LogP contribution in [0.5, 0.6) is 0 Å². The SMILES string of the molecule is Cc1ccccc1CCN=C1NC(=O)C(=O)N1. The highest BCUT2D eigenvalue weighted by molar-refractivity contribution is 6.45. The van der Waals surface area contributed by atoms with Gasteiger partial charge in [0.2, 0.25) is 5.96 Å². The molecule has 2 rings (SSSR count). The number of amides is 2. The third-order valence-corrected chi connectivity index (χ3v) is 2.58. The largest absolute Gasteiger partial charge is 0.316 e. The Kier molecular flexibility index (Phi) is 3.18. The number of rotatable bonds is 3. The summed E-state index contributed by atoms with van der Waals surface area (Å²) in [6.45, 7) is 2.57. The van der Waals surface area contributed by atoms with Gasteiger partial charge in [0.25, 0.3) is 0 Å². The Hall–Kier alpha value is -2.17. The second-order valence-electron chi connectivity index (χ2n) is 3.82.